The van der Waals surface area contributed by atoms with Gasteiger partial charge in [0.25, 0.3) is 0 Å². The van der Waals surface area contributed by atoms with Gasteiger partial charge in [0, 0.05) is 0 Å². The van der Waals surface area contributed by atoms with E-state index in [2.05, 4.69) is 18.2 Å². The fourth-order valence-corrected chi connectivity index (χ4v) is 2.37. The molecule has 1 saturated carbocycles. The van der Waals surface area contributed by atoms with Gasteiger partial charge in [0.1, 0.15) is 5.75 Å². The Bertz CT molecular complexity index is 558. The zero-order chi connectivity index (χ0) is 12.5. The molecule has 3 rings (SSSR count). The zero-order valence-electron chi connectivity index (χ0n) is 10.6. The summed E-state index contributed by atoms with van der Waals surface area (Å²) in [6.07, 6.45) is 2.02. The lowest BCUT2D eigenvalue weighted by Crippen LogP contribution is -1.99. The van der Waals surface area contributed by atoms with Gasteiger partial charge in [-0.05, 0) is 60.2 Å². The third-order valence-electron chi connectivity index (χ3n) is 3.56. The summed E-state index contributed by atoms with van der Waals surface area (Å²) in [5.74, 6) is 1.38. The summed E-state index contributed by atoms with van der Waals surface area (Å²) in [5.41, 5.74) is 1.04. The first-order valence-corrected chi connectivity index (χ1v) is 6.62. The average molecular weight is 242 g/mol. The fraction of sp³-hybridized carbons (Fsp3) is 0.375. The number of fused-ring (bicyclic) bond motifs is 1. The van der Waals surface area contributed by atoms with Gasteiger partial charge in [0.2, 0.25) is 0 Å². The highest BCUT2D eigenvalue weighted by atomic mass is 16.5. The third-order valence-corrected chi connectivity index (χ3v) is 3.56. The van der Waals surface area contributed by atoms with E-state index in [0.29, 0.717) is 12.5 Å². The maximum atomic E-state index is 10.1. The number of hydrogen-bond donors (Lipinski definition) is 1. The molecular weight excluding hydrogens is 224 g/mol. The van der Waals surface area contributed by atoms with Crippen molar-refractivity contribution in [3.8, 4) is 5.75 Å². The summed E-state index contributed by atoms with van der Waals surface area (Å²) >= 11 is 0. The fourth-order valence-electron chi connectivity index (χ4n) is 2.37. The number of benzene rings is 2. The van der Waals surface area contributed by atoms with E-state index in [0.717, 1.165) is 34.9 Å². The van der Waals surface area contributed by atoms with E-state index >= 15 is 0 Å². The van der Waals surface area contributed by atoms with Gasteiger partial charge in [-0.15, -0.1) is 0 Å². The molecule has 1 aliphatic carbocycles. The molecule has 0 spiro atoms. The SMILES string of the molecule is CCOc1ccc2cc(C(O)C3CC3)ccc2c1. The van der Waals surface area contributed by atoms with E-state index in [1.54, 1.807) is 0 Å². The molecule has 2 aromatic rings. The van der Waals surface area contributed by atoms with Crippen LogP contribution < -0.4 is 4.74 Å². The lowest BCUT2D eigenvalue weighted by Gasteiger charge is -2.11. The third kappa shape index (κ3) is 2.21. The van der Waals surface area contributed by atoms with E-state index in [1.807, 2.05) is 25.1 Å². The van der Waals surface area contributed by atoms with Crippen molar-refractivity contribution >= 4 is 10.8 Å². The highest BCUT2D eigenvalue weighted by Gasteiger charge is 2.30. The standard InChI is InChI=1S/C16H18O2/c1-2-18-15-8-7-12-9-14(6-5-13(12)10-15)16(17)11-3-4-11/h5-11,16-17H,2-4H2,1H3. The van der Waals surface area contributed by atoms with Crippen molar-refractivity contribution in [1.29, 1.82) is 0 Å². The minimum absolute atomic E-state index is 0.291. The molecular formula is C16H18O2. The summed E-state index contributed by atoms with van der Waals surface area (Å²) in [6, 6.07) is 12.3. The highest BCUT2D eigenvalue weighted by molar-refractivity contribution is 5.84. The van der Waals surface area contributed by atoms with Gasteiger partial charge in [-0.25, -0.2) is 0 Å². The summed E-state index contributed by atoms with van der Waals surface area (Å²) in [4.78, 5) is 0. The Morgan fingerprint density at radius 3 is 2.61 bits per heavy atom. The molecule has 0 heterocycles. The molecule has 0 aromatic heterocycles. The second-order valence-corrected chi connectivity index (χ2v) is 4.98. The van der Waals surface area contributed by atoms with Crippen molar-refractivity contribution in [2.75, 3.05) is 6.61 Å². The normalized spacial score (nSPS) is 16.8. The van der Waals surface area contributed by atoms with Crippen LogP contribution in [0.15, 0.2) is 36.4 Å². The summed E-state index contributed by atoms with van der Waals surface area (Å²) < 4.78 is 5.49. The Balaban J connectivity index is 1.94. The Hall–Kier alpha value is -1.54. The van der Waals surface area contributed by atoms with Crippen LogP contribution in [0.4, 0.5) is 0 Å². The molecule has 1 atom stereocenters. The predicted octanol–water partition coefficient (Wildman–Crippen LogP) is 3.68. The molecule has 18 heavy (non-hydrogen) atoms. The molecule has 2 heteroatoms. The van der Waals surface area contributed by atoms with Crippen molar-refractivity contribution in [3.63, 3.8) is 0 Å². The smallest absolute Gasteiger partial charge is 0.119 e. The number of rotatable bonds is 4. The van der Waals surface area contributed by atoms with Crippen LogP contribution in [0.2, 0.25) is 0 Å². The molecule has 0 radical (unpaired) electrons. The monoisotopic (exact) mass is 242 g/mol. The second kappa shape index (κ2) is 4.62. The molecule has 1 aliphatic rings. The Kier molecular flexibility index (Phi) is 2.96. The van der Waals surface area contributed by atoms with E-state index < -0.39 is 0 Å². The van der Waals surface area contributed by atoms with Gasteiger partial charge in [-0.2, -0.15) is 0 Å². The number of aliphatic hydroxyl groups is 1. The van der Waals surface area contributed by atoms with Crippen LogP contribution in [0.1, 0.15) is 31.4 Å². The van der Waals surface area contributed by atoms with Gasteiger partial charge in [0.15, 0.2) is 0 Å². The predicted molar refractivity (Wildman–Crippen MR) is 72.8 cm³/mol. The first-order valence-electron chi connectivity index (χ1n) is 6.62. The van der Waals surface area contributed by atoms with Crippen LogP contribution in [0.5, 0.6) is 5.75 Å². The first kappa shape index (κ1) is 11.5. The summed E-state index contributed by atoms with van der Waals surface area (Å²) in [6.45, 7) is 2.67. The highest BCUT2D eigenvalue weighted by Crippen LogP contribution is 2.41. The molecule has 1 unspecified atom stereocenters. The number of aliphatic hydroxyl groups excluding tert-OH is 1. The summed E-state index contributed by atoms with van der Waals surface area (Å²) in [7, 11) is 0. The number of hydrogen-bond acceptors (Lipinski definition) is 2. The van der Waals surface area contributed by atoms with Crippen LogP contribution in [0.25, 0.3) is 10.8 Å². The van der Waals surface area contributed by atoms with Gasteiger partial charge in [-0.1, -0.05) is 18.2 Å². The quantitative estimate of drug-likeness (QED) is 0.886. The molecule has 0 bridgehead atoms. The van der Waals surface area contributed by atoms with Crippen molar-refractivity contribution < 1.29 is 9.84 Å². The molecule has 0 amide bonds. The molecule has 94 valence electrons. The van der Waals surface area contributed by atoms with Crippen LogP contribution in [-0.4, -0.2) is 11.7 Å². The van der Waals surface area contributed by atoms with E-state index in [4.69, 9.17) is 4.74 Å². The van der Waals surface area contributed by atoms with Crippen molar-refractivity contribution in [3.05, 3.63) is 42.0 Å². The molecule has 1 N–H and O–H groups in total. The maximum absolute atomic E-state index is 10.1. The molecule has 0 aliphatic heterocycles. The maximum Gasteiger partial charge on any atom is 0.119 e. The van der Waals surface area contributed by atoms with Crippen LogP contribution in [0, 0.1) is 5.92 Å². The number of ether oxygens (including phenoxy) is 1. The Morgan fingerprint density at radius 2 is 1.89 bits per heavy atom. The van der Waals surface area contributed by atoms with Crippen LogP contribution in [0.3, 0.4) is 0 Å². The molecule has 2 aromatic carbocycles. The van der Waals surface area contributed by atoms with Gasteiger partial charge < -0.3 is 9.84 Å². The first-order chi connectivity index (χ1) is 8.78. The molecule has 1 fully saturated rings. The molecule has 2 nitrogen and oxygen atoms in total. The lowest BCUT2D eigenvalue weighted by molar-refractivity contribution is 0.154. The van der Waals surface area contributed by atoms with Crippen LogP contribution >= 0.6 is 0 Å². The van der Waals surface area contributed by atoms with Gasteiger partial charge in [0.05, 0.1) is 12.7 Å². The average Bonchev–Trinajstić information content (AvgIpc) is 3.22. The van der Waals surface area contributed by atoms with Gasteiger partial charge in [-0.3, -0.25) is 0 Å². The van der Waals surface area contributed by atoms with Gasteiger partial charge >= 0.3 is 0 Å². The topological polar surface area (TPSA) is 29.5 Å². The van der Waals surface area contributed by atoms with Crippen LogP contribution in [-0.2, 0) is 0 Å². The van der Waals surface area contributed by atoms with E-state index in [9.17, 15) is 5.11 Å². The minimum Gasteiger partial charge on any atom is -0.494 e. The van der Waals surface area contributed by atoms with E-state index in [-0.39, 0.29) is 6.10 Å². The van der Waals surface area contributed by atoms with E-state index in [1.165, 1.54) is 0 Å². The van der Waals surface area contributed by atoms with Crippen molar-refractivity contribution in [2.45, 2.75) is 25.9 Å². The van der Waals surface area contributed by atoms with Crippen molar-refractivity contribution in [1.82, 2.24) is 0 Å². The largest absolute Gasteiger partial charge is 0.494 e. The van der Waals surface area contributed by atoms with Crippen molar-refractivity contribution in [2.24, 2.45) is 5.92 Å². The summed E-state index contributed by atoms with van der Waals surface area (Å²) in [5, 5.41) is 12.5. The molecule has 0 saturated heterocycles. The Labute approximate surface area is 107 Å². The Morgan fingerprint density at radius 1 is 1.17 bits per heavy atom. The zero-order valence-corrected chi connectivity index (χ0v) is 10.6. The second-order valence-electron chi connectivity index (χ2n) is 4.98. The minimum atomic E-state index is -0.291. The lowest BCUT2D eigenvalue weighted by atomic mass is 10.0.